The minimum atomic E-state index is -0.731. The molecular formula is C11H13NO5. The Morgan fingerprint density at radius 3 is 2.47 bits per heavy atom. The van der Waals surface area contributed by atoms with Crippen molar-refractivity contribution >= 4 is 11.8 Å². The van der Waals surface area contributed by atoms with E-state index < -0.39 is 11.1 Å². The maximum absolute atomic E-state index is 11.0. The van der Waals surface area contributed by atoms with E-state index in [1.54, 1.807) is 0 Å². The molecule has 0 aliphatic rings. The molecule has 1 aromatic carbocycles. The first-order chi connectivity index (χ1) is 8.13. The fraction of sp³-hybridized carbons (Fsp3) is 0.364. The third-order valence-electron chi connectivity index (χ3n) is 1.93. The molecule has 0 bridgehead atoms. The minimum Gasteiger partial charge on any atom is -0.434 e. The number of nitrogens with zero attached hydrogens (tertiary/aromatic N) is 1. The Morgan fingerprint density at radius 2 is 1.94 bits per heavy atom. The fourth-order valence-corrected chi connectivity index (χ4v) is 1.08. The zero-order valence-electron chi connectivity index (χ0n) is 9.42. The number of hydrogen-bond donors (Lipinski definition) is 0. The second kappa shape index (κ2) is 6.47. The molecule has 17 heavy (non-hydrogen) atoms. The molecule has 0 aliphatic carbocycles. The molecule has 0 N–H and O–H groups in total. The Labute approximate surface area is 98.3 Å². The molecule has 0 fully saturated rings. The van der Waals surface area contributed by atoms with Crippen molar-refractivity contribution in [3.63, 3.8) is 0 Å². The van der Waals surface area contributed by atoms with Crippen LogP contribution in [0.15, 0.2) is 24.3 Å². The van der Waals surface area contributed by atoms with Crippen molar-refractivity contribution in [2.24, 2.45) is 0 Å². The lowest BCUT2D eigenvalue weighted by molar-refractivity contribution is -0.384. The highest BCUT2D eigenvalue weighted by molar-refractivity contribution is 5.59. The molecule has 0 heterocycles. The first kappa shape index (κ1) is 13.0. The van der Waals surface area contributed by atoms with E-state index in [4.69, 9.17) is 9.47 Å². The fourth-order valence-electron chi connectivity index (χ4n) is 1.08. The van der Waals surface area contributed by atoms with Gasteiger partial charge in [-0.3, -0.25) is 10.1 Å². The number of carbonyl (C=O) groups excluding carboxylic acids is 1. The summed E-state index contributed by atoms with van der Waals surface area (Å²) >= 11 is 0. The summed E-state index contributed by atoms with van der Waals surface area (Å²) < 4.78 is 9.50. The first-order valence-electron chi connectivity index (χ1n) is 5.16. The maximum atomic E-state index is 11.0. The van der Waals surface area contributed by atoms with Gasteiger partial charge in [0.1, 0.15) is 6.61 Å². The number of non-ortho nitro benzene ring substituents is 1. The molecule has 0 unspecified atom stereocenters. The van der Waals surface area contributed by atoms with Crippen molar-refractivity contribution in [3.8, 4) is 0 Å². The summed E-state index contributed by atoms with van der Waals surface area (Å²) in [6.45, 7) is 2.24. The molecule has 0 aliphatic heterocycles. The third-order valence-corrected chi connectivity index (χ3v) is 1.93. The van der Waals surface area contributed by atoms with Gasteiger partial charge in [-0.05, 0) is 24.1 Å². The number of nitro benzene ring substituents is 1. The molecule has 0 saturated carbocycles. The third kappa shape index (κ3) is 4.50. The van der Waals surface area contributed by atoms with Crippen LogP contribution >= 0.6 is 0 Å². The highest BCUT2D eigenvalue weighted by Gasteiger charge is 2.06. The van der Waals surface area contributed by atoms with Gasteiger partial charge >= 0.3 is 6.16 Å². The van der Waals surface area contributed by atoms with Crippen LogP contribution in [0.25, 0.3) is 0 Å². The van der Waals surface area contributed by atoms with Crippen molar-refractivity contribution < 1.29 is 19.2 Å². The topological polar surface area (TPSA) is 78.7 Å². The number of nitro groups is 1. The summed E-state index contributed by atoms with van der Waals surface area (Å²) in [6.07, 6.45) is -0.00249. The minimum absolute atomic E-state index is 0.00214. The highest BCUT2D eigenvalue weighted by atomic mass is 16.7. The average Bonchev–Trinajstić information content (AvgIpc) is 2.34. The molecule has 0 atom stereocenters. The number of ether oxygens (including phenoxy) is 2. The van der Waals surface area contributed by atoms with Crippen molar-refractivity contribution in [3.05, 3.63) is 39.9 Å². The zero-order valence-corrected chi connectivity index (χ0v) is 9.42. The second-order valence-corrected chi connectivity index (χ2v) is 3.31. The van der Waals surface area contributed by atoms with E-state index in [1.165, 1.54) is 24.3 Å². The molecule has 1 rings (SSSR count). The van der Waals surface area contributed by atoms with Gasteiger partial charge < -0.3 is 9.47 Å². The lowest BCUT2D eigenvalue weighted by atomic mass is 10.2. The van der Waals surface area contributed by atoms with Crippen LogP contribution in [0, 0.1) is 10.1 Å². The van der Waals surface area contributed by atoms with Crippen molar-refractivity contribution in [2.45, 2.75) is 20.0 Å². The second-order valence-electron chi connectivity index (χ2n) is 3.31. The molecule has 92 valence electrons. The Hall–Kier alpha value is -2.11. The molecule has 0 amide bonds. The summed E-state index contributed by atoms with van der Waals surface area (Å²) in [7, 11) is 0. The van der Waals surface area contributed by atoms with Crippen molar-refractivity contribution in [1.29, 1.82) is 0 Å². The Balaban J connectivity index is 2.42. The molecule has 1 aromatic rings. The Bertz CT molecular complexity index is 387. The van der Waals surface area contributed by atoms with E-state index in [1.807, 2.05) is 6.92 Å². The predicted octanol–water partition coefficient (Wildman–Crippen LogP) is 2.66. The van der Waals surface area contributed by atoms with E-state index in [0.717, 1.165) is 6.42 Å². The van der Waals surface area contributed by atoms with Gasteiger partial charge in [0.25, 0.3) is 5.69 Å². The van der Waals surface area contributed by atoms with Gasteiger partial charge in [0.05, 0.1) is 11.5 Å². The first-order valence-corrected chi connectivity index (χ1v) is 5.16. The monoisotopic (exact) mass is 239 g/mol. The lowest BCUT2D eigenvalue weighted by Crippen LogP contribution is -2.07. The molecule has 6 nitrogen and oxygen atoms in total. The number of benzene rings is 1. The van der Waals surface area contributed by atoms with E-state index in [-0.39, 0.29) is 12.3 Å². The van der Waals surface area contributed by atoms with Gasteiger partial charge in [-0.1, -0.05) is 6.92 Å². The number of carbonyl (C=O) groups is 1. The number of hydrogen-bond acceptors (Lipinski definition) is 5. The van der Waals surface area contributed by atoms with Crippen LogP contribution in [0.5, 0.6) is 0 Å². The van der Waals surface area contributed by atoms with Crippen molar-refractivity contribution in [2.75, 3.05) is 6.61 Å². The van der Waals surface area contributed by atoms with E-state index in [0.29, 0.717) is 12.2 Å². The number of rotatable bonds is 5. The Morgan fingerprint density at radius 1 is 1.29 bits per heavy atom. The van der Waals surface area contributed by atoms with Crippen LogP contribution in [0.1, 0.15) is 18.9 Å². The summed E-state index contributed by atoms with van der Waals surface area (Å²) in [5.74, 6) is 0. The van der Waals surface area contributed by atoms with Crippen LogP contribution in [-0.2, 0) is 16.1 Å². The average molecular weight is 239 g/mol. The largest absolute Gasteiger partial charge is 0.508 e. The smallest absolute Gasteiger partial charge is 0.434 e. The Kier molecular flexibility index (Phi) is 4.93. The SMILES string of the molecule is CCCOC(=O)OCc1ccc([N+](=O)[O-])cc1. The van der Waals surface area contributed by atoms with Crippen LogP contribution in [0.4, 0.5) is 10.5 Å². The van der Waals surface area contributed by atoms with Crippen LogP contribution in [0.2, 0.25) is 0 Å². The normalized spacial score (nSPS) is 9.71. The van der Waals surface area contributed by atoms with Gasteiger partial charge in [-0.15, -0.1) is 0 Å². The summed E-state index contributed by atoms with van der Waals surface area (Å²) in [5.41, 5.74) is 0.673. The van der Waals surface area contributed by atoms with Gasteiger partial charge in [0.2, 0.25) is 0 Å². The zero-order chi connectivity index (χ0) is 12.7. The quantitative estimate of drug-likeness (QED) is 0.448. The van der Waals surface area contributed by atoms with E-state index >= 15 is 0 Å². The highest BCUT2D eigenvalue weighted by Crippen LogP contribution is 2.12. The van der Waals surface area contributed by atoms with E-state index in [2.05, 4.69) is 0 Å². The summed E-state index contributed by atoms with van der Waals surface area (Å²) in [6, 6.07) is 5.78. The molecule has 0 saturated heterocycles. The molecule has 0 radical (unpaired) electrons. The van der Waals surface area contributed by atoms with E-state index in [9.17, 15) is 14.9 Å². The van der Waals surface area contributed by atoms with Gasteiger partial charge in [0, 0.05) is 12.1 Å². The maximum Gasteiger partial charge on any atom is 0.508 e. The lowest BCUT2D eigenvalue weighted by Gasteiger charge is -2.04. The van der Waals surface area contributed by atoms with Gasteiger partial charge in [-0.25, -0.2) is 4.79 Å². The molecular weight excluding hydrogens is 226 g/mol. The predicted molar refractivity (Wildman–Crippen MR) is 59.5 cm³/mol. The summed E-state index contributed by atoms with van der Waals surface area (Å²) in [5, 5.41) is 10.4. The summed E-state index contributed by atoms with van der Waals surface area (Å²) in [4.78, 5) is 20.9. The van der Waals surface area contributed by atoms with Crippen LogP contribution in [-0.4, -0.2) is 17.7 Å². The molecule has 0 aromatic heterocycles. The van der Waals surface area contributed by atoms with Crippen LogP contribution < -0.4 is 0 Å². The van der Waals surface area contributed by atoms with Gasteiger partial charge in [0.15, 0.2) is 0 Å². The van der Waals surface area contributed by atoms with Gasteiger partial charge in [-0.2, -0.15) is 0 Å². The van der Waals surface area contributed by atoms with Crippen LogP contribution in [0.3, 0.4) is 0 Å². The standard InChI is InChI=1S/C11H13NO5/c1-2-7-16-11(13)17-8-9-3-5-10(6-4-9)12(14)15/h3-6H,2,7-8H2,1H3. The molecule has 6 heteroatoms. The molecule has 0 spiro atoms. The van der Waals surface area contributed by atoms with Crippen molar-refractivity contribution in [1.82, 2.24) is 0 Å².